The number of rotatable bonds is 16. The molecule has 4 atom stereocenters. The van der Waals surface area contributed by atoms with Gasteiger partial charge in [-0.25, -0.2) is 4.79 Å². The SMILES string of the molecule is CSCCC(NC(=O)C1CCCN1C(=O)C(N)CCCCN)C(=O)NC(CCC(=O)O)C(=O)O. The molecule has 0 spiro atoms. The molecular weight excluding hydrogens is 466 g/mol. The van der Waals surface area contributed by atoms with Crippen LogP contribution in [0.3, 0.4) is 0 Å². The molecule has 3 amide bonds. The first-order valence-corrected chi connectivity index (χ1v) is 12.8. The van der Waals surface area contributed by atoms with Crippen LogP contribution in [0.2, 0.25) is 0 Å². The summed E-state index contributed by atoms with van der Waals surface area (Å²) in [6, 6.07) is -3.92. The Balaban J connectivity index is 2.84. The van der Waals surface area contributed by atoms with E-state index in [1.807, 2.05) is 6.26 Å². The average molecular weight is 504 g/mol. The second-order valence-corrected chi connectivity index (χ2v) is 9.24. The molecule has 0 aromatic heterocycles. The highest BCUT2D eigenvalue weighted by Gasteiger charge is 2.37. The summed E-state index contributed by atoms with van der Waals surface area (Å²) >= 11 is 1.45. The summed E-state index contributed by atoms with van der Waals surface area (Å²) in [6.45, 7) is 0.896. The van der Waals surface area contributed by atoms with Gasteiger partial charge >= 0.3 is 11.9 Å². The fraction of sp³-hybridized carbons (Fsp3) is 0.762. The third-order valence-corrected chi connectivity index (χ3v) is 6.27. The van der Waals surface area contributed by atoms with E-state index in [0.717, 1.165) is 6.42 Å². The minimum absolute atomic E-state index is 0.239. The maximum absolute atomic E-state index is 13.0. The Hall–Kier alpha value is -2.38. The molecule has 1 fully saturated rings. The number of likely N-dealkylation sites (tertiary alicyclic amines) is 1. The van der Waals surface area contributed by atoms with Gasteiger partial charge in [-0.2, -0.15) is 11.8 Å². The van der Waals surface area contributed by atoms with Crippen LogP contribution in [-0.2, 0) is 24.0 Å². The number of hydrogen-bond donors (Lipinski definition) is 6. The number of carboxylic acid groups (broad SMARTS) is 2. The van der Waals surface area contributed by atoms with E-state index in [9.17, 15) is 29.1 Å². The third kappa shape index (κ3) is 9.85. The lowest BCUT2D eigenvalue weighted by Crippen LogP contribution is -2.56. The molecule has 0 saturated carbocycles. The maximum atomic E-state index is 13.0. The number of hydrogen-bond acceptors (Lipinski definition) is 8. The highest BCUT2D eigenvalue weighted by atomic mass is 32.2. The van der Waals surface area contributed by atoms with Crippen LogP contribution < -0.4 is 22.1 Å². The molecule has 8 N–H and O–H groups in total. The van der Waals surface area contributed by atoms with Gasteiger partial charge in [0.15, 0.2) is 0 Å². The zero-order valence-electron chi connectivity index (χ0n) is 19.5. The number of nitrogens with zero attached hydrogens (tertiary/aromatic N) is 1. The van der Waals surface area contributed by atoms with Crippen LogP contribution in [0.1, 0.15) is 51.4 Å². The average Bonchev–Trinajstić information content (AvgIpc) is 3.28. The molecule has 1 aliphatic heterocycles. The largest absolute Gasteiger partial charge is 0.481 e. The second kappa shape index (κ2) is 15.5. The Labute approximate surface area is 203 Å². The Kier molecular flexibility index (Phi) is 13.5. The van der Waals surface area contributed by atoms with Gasteiger partial charge in [0.05, 0.1) is 6.04 Å². The quantitative estimate of drug-likeness (QED) is 0.143. The fourth-order valence-corrected chi connectivity index (χ4v) is 4.19. The number of nitrogens with two attached hydrogens (primary N) is 2. The molecule has 1 saturated heterocycles. The summed E-state index contributed by atoms with van der Waals surface area (Å²) in [5, 5.41) is 23.1. The highest BCUT2D eigenvalue weighted by Crippen LogP contribution is 2.20. The van der Waals surface area contributed by atoms with Crippen molar-refractivity contribution in [3.8, 4) is 0 Å². The van der Waals surface area contributed by atoms with Crippen LogP contribution >= 0.6 is 11.8 Å². The molecule has 0 aliphatic carbocycles. The molecular formula is C21H37N5O7S. The zero-order chi connectivity index (χ0) is 25.7. The highest BCUT2D eigenvalue weighted by molar-refractivity contribution is 7.98. The lowest BCUT2D eigenvalue weighted by atomic mass is 10.1. The summed E-state index contributed by atoms with van der Waals surface area (Å²) in [6.07, 6.45) is 4.33. The van der Waals surface area contributed by atoms with E-state index < -0.39 is 54.3 Å². The number of thioether (sulfide) groups is 1. The van der Waals surface area contributed by atoms with Gasteiger partial charge < -0.3 is 37.2 Å². The molecule has 194 valence electrons. The van der Waals surface area contributed by atoms with Crippen molar-refractivity contribution < 1.29 is 34.2 Å². The van der Waals surface area contributed by atoms with Gasteiger partial charge in [0.1, 0.15) is 18.1 Å². The molecule has 1 heterocycles. The fourth-order valence-electron chi connectivity index (χ4n) is 3.72. The van der Waals surface area contributed by atoms with Gasteiger partial charge in [0.25, 0.3) is 0 Å². The van der Waals surface area contributed by atoms with Crippen molar-refractivity contribution >= 4 is 41.4 Å². The van der Waals surface area contributed by atoms with Crippen LogP contribution in [-0.4, -0.2) is 94.0 Å². The molecule has 1 rings (SSSR count). The van der Waals surface area contributed by atoms with Crippen molar-refractivity contribution in [3.05, 3.63) is 0 Å². The van der Waals surface area contributed by atoms with Crippen LogP contribution in [0.25, 0.3) is 0 Å². The maximum Gasteiger partial charge on any atom is 0.326 e. The van der Waals surface area contributed by atoms with Crippen molar-refractivity contribution in [2.24, 2.45) is 11.5 Å². The molecule has 1 aliphatic rings. The topological polar surface area (TPSA) is 205 Å². The summed E-state index contributed by atoms with van der Waals surface area (Å²) in [5.74, 6) is -3.56. The van der Waals surface area contributed by atoms with Crippen molar-refractivity contribution in [2.75, 3.05) is 25.1 Å². The summed E-state index contributed by atoms with van der Waals surface area (Å²) in [5.41, 5.74) is 11.5. The van der Waals surface area contributed by atoms with Gasteiger partial charge in [-0.05, 0) is 57.1 Å². The smallest absolute Gasteiger partial charge is 0.326 e. The number of carboxylic acids is 2. The van der Waals surface area contributed by atoms with E-state index in [-0.39, 0.29) is 18.7 Å². The summed E-state index contributed by atoms with van der Waals surface area (Å²) in [4.78, 5) is 62.2. The Morgan fingerprint density at radius 2 is 1.76 bits per heavy atom. The first-order valence-electron chi connectivity index (χ1n) is 11.4. The number of carbonyl (C=O) groups excluding carboxylic acids is 3. The Morgan fingerprint density at radius 1 is 1.06 bits per heavy atom. The number of carbonyl (C=O) groups is 5. The molecule has 13 heteroatoms. The molecule has 0 bridgehead atoms. The van der Waals surface area contributed by atoms with Gasteiger partial charge in [0.2, 0.25) is 17.7 Å². The summed E-state index contributed by atoms with van der Waals surface area (Å²) in [7, 11) is 0. The van der Waals surface area contributed by atoms with Crippen molar-refractivity contribution in [1.82, 2.24) is 15.5 Å². The molecule has 0 aromatic carbocycles. The number of unbranched alkanes of at least 4 members (excludes halogenated alkanes) is 1. The number of amides is 3. The third-order valence-electron chi connectivity index (χ3n) is 5.63. The zero-order valence-corrected chi connectivity index (χ0v) is 20.3. The van der Waals surface area contributed by atoms with Crippen LogP contribution in [0.4, 0.5) is 0 Å². The Morgan fingerprint density at radius 3 is 2.35 bits per heavy atom. The molecule has 34 heavy (non-hydrogen) atoms. The number of nitrogens with one attached hydrogen (secondary N) is 2. The van der Waals surface area contributed by atoms with E-state index in [2.05, 4.69) is 10.6 Å². The van der Waals surface area contributed by atoms with E-state index in [0.29, 0.717) is 44.5 Å². The predicted octanol–water partition coefficient (Wildman–Crippen LogP) is -0.894. The minimum atomic E-state index is -1.40. The van der Waals surface area contributed by atoms with Crippen LogP contribution in [0, 0.1) is 0 Å². The van der Waals surface area contributed by atoms with Crippen LogP contribution in [0.15, 0.2) is 0 Å². The first-order chi connectivity index (χ1) is 16.1. The molecule has 0 radical (unpaired) electrons. The van der Waals surface area contributed by atoms with Crippen molar-refractivity contribution in [2.45, 2.75) is 75.5 Å². The predicted molar refractivity (Wildman–Crippen MR) is 127 cm³/mol. The van der Waals surface area contributed by atoms with Crippen LogP contribution in [0.5, 0.6) is 0 Å². The van der Waals surface area contributed by atoms with E-state index >= 15 is 0 Å². The standard InChI is InChI=1S/C21H37N5O7S/c1-34-12-9-14(18(29)25-15(21(32)33)7-8-17(27)28)24-19(30)16-6-4-11-26(16)20(31)13(23)5-2-3-10-22/h13-16H,2-12,22-23H2,1H3,(H,24,30)(H,25,29)(H,27,28)(H,32,33). The monoisotopic (exact) mass is 503 g/mol. The van der Waals surface area contributed by atoms with Gasteiger partial charge in [0, 0.05) is 13.0 Å². The second-order valence-electron chi connectivity index (χ2n) is 8.26. The van der Waals surface area contributed by atoms with Crippen molar-refractivity contribution in [3.63, 3.8) is 0 Å². The van der Waals surface area contributed by atoms with Crippen molar-refractivity contribution in [1.29, 1.82) is 0 Å². The number of aliphatic carboxylic acids is 2. The van der Waals surface area contributed by atoms with E-state index in [4.69, 9.17) is 16.6 Å². The molecule has 4 unspecified atom stereocenters. The summed E-state index contributed by atoms with van der Waals surface area (Å²) < 4.78 is 0. The lowest BCUT2D eigenvalue weighted by Gasteiger charge is -2.28. The molecule has 12 nitrogen and oxygen atoms in total. The first kappa shape index (κ1) is 29.7. The Bertz CT molecular complexity index is 724. The van der Waals surface area contributed by atoms with Gasteiger partial charge in [-0.15, -0.1) is 0 Å². The van der Waals surface area contributed by atoms with Gasteiger partial charge in [-0.1, -0.05) is 6.42 Å². The van der Waals surface area contributed by atoms with E-state index in [1.54, 1.807) is 0 Å². The molecule has 0 aromatic rings. The lowest BCUT2D eigenvalue weighted by molar-refractivity contribution is -0.144. The normalized spacial score (nSPS) is 18.1. The van der Waals surface area contributed by atoms with Gasteiger partial charge in [-0.3, -0.25) is 19.2 Å². The minimum Gasteiger partial charge on any atom is -0.481 e. The van der Waals surface area contributed by atoms with E-state index in [1.165, 1.54) is 16.7 Å².